The molecule has 0 saturated carbocycles. The van der Waals surface area contributed by atoms with E-state index in [-0.39, 0.29) is 12.1 Å². The quantitative estimate of drug-likeness (QED) is 0.868. The summed E-state index contributed by atoms with van der Waals surface area (Å²) in [6.07, 6.45) is 0. The SMILES string of the molecule is Cc1ccc(C(C)NC(C)c2ccccc2Cl)o1. The molecule has 0 spiro atoms. The Hall–Kier alpha value is -1.25. The highest BCUT2D eigenvalue weighted by Gasteiger charge is 2.15. The van der Waals surface area contributed by atoms with Gasteiger partial charge in [0.05, 0.1) is 6.04 Å². The van der Waals surface area contributed by atoms with Gasteiger partial charge in [-0.2, -0.15) is 0 Å². The molecule has 2 aromatic rings. The number of rotatable bonds is 4. The summed E-state index contributed by atoms with van der Waals surface area (Å²) in [4.78, 5) is 0. The fourth-order valence-corrected chi connectivity index (χ4v) is 2.36. The van der Waals surface area contributed by atoms with Crippen molar-refractivity contribution in [3.8, 4) is 0 Å². The van der Waals surface area contributed by atoms with Gasteiger partial charge >= 0.3 is 0 Å². The molecule has 1 N–H and O–H groups in total. The van der Waals surface area contributed by atoms with Crippen LogP contribution < -0.4 is 5.32 Å². The first-order valence-electron chi connectivity index (χ1n) is 6.14. The van der Waals surface area contributed by atoms with Crippen molar-refractivity contribution in [3.05, 3.63) is 58.5 Å². The van der Waals surface area contributed by atoms with Gasteiger partial charge in [0.1, 0.15) is 11.5 Å². The molecule has 96 valence electrons. The van der Waals surface area contributed by atoms with Gasteiger partial charge in [0.15, 0.2) is 0 Å². The Bertz CT molecular complexity index is 521. The lowest BCUT2D eigenvalue weighted by Crippen LogP contribution is -2.22. The van der Waals surface area contributed by atoms with Crippen LogP contribution in [0, 0.1) is 6.92 Å². The molecule has 0 amide bonds. The number of nitrogens with one attached hydrogen (secondary N) is 1. The molecule has 0 aliphatic rings. The molecular weight excluding hydrogens is 246 g/mol. The first-order valence-corrected chi connectivity index (χ1v) is 6.52. The summed E-state index contributed by atoms with van der Waals surface area (Å²) >= 11 is 6.19. The van der Waals surface area contributed by atoms with E-state index >= 15 is 0 Å². The molecule has 0 aliphatic heterocycles. The molecule has 1 heterocycles. The zero-order valence-corrected chi connectivity index (χ0v) is 11.7. The molecule has 0 radical (unpaired) electrons. The third kappa shape index (κ3) is 2.95. The summed E-state index contributed by atoms with van der Waals surface area (Å²) < 4.78 is 5.62. The van der Waals surface area contributed by atoms with Gasteiger partial charge in [0.25, 0.3) is 0 Å². The first-order chi connectivity index (χ1) is 8.58. The molecule has 0 aliphatic carbocycles. The van der Waals surface area contributed by atoms with E-state index < -0.39 is 0 Å². The zero-order valence-electron chi connectivity index (χ0n) is 10.9. The van der Waals surface area contributed by atoms with Crippen molar-refractivity contribution in [1.82, 2.24) is 5.32 Å². The summed E-state index contributed by atoms with van der Waals surface area (Å²) in [5.41, 5.74) is 1.11. The number of hydrogen-bond acceptors (Lipinski definition) is 2. The molecule has 2 unspecified atom stereocenters. The van der Waals surface area contributed by atoms with Gasteiger partial charge in [0, 0.05) is 11.1 Å². The molecule has 2 atom stereocenters. The highest BCUT2D eigenvalue weighted by Crippen LogP contribution is 2.25. The van der Waals surface area contributed by atoms with Gasteiger partial charge in [-0.1, -0.05) is 29.8 Å². The maximum absolute atomic E-state index is 6.19. The predicted molar refractivity (Wildman–Crippen MR) is 74.9 cm³/mol. The Balaban J connectivity index is 2.08. The van der Waals surface area contributed by atoms with Crippen LogP contribution in [0.1, 0.15) is 43.0 Å². The Morgan fingerprint density at radius 3 is 2.39 bits per heavy atom. The Kier molecular flexibility index (Phi) is 4.10. The lowest BCUT2D eigenvalue weighted by molar-refractivity contribution is 0.392. The van der Waals surface area contributed by atoms with Gasteiger partial charge in [-0.25, -0.2) is 0 Å². The minimum Gasteiger partial charge on any atom is -0.465 e. The molecule has 1 aromatic heterocycles. The number of hydrogen-bond donors (Lipinski definition) is 1. The maximum atomic E-state index is 6.19. The lowest BCUT2D eigenvalue weighted by Gasteiger charge is -2.19. The molecule has 0 fully saturated rings. The van der Waals surface area contributed by atoms with Crippen molar-refractivity contribution in [1.29, 1.82) is 0 Å². The van der Waals surface area contributed by atoms with Crippen LogP contribution in [0.3, 0.4) is 0 Å². The van der Waals surface area contributed by atoms with Gasteiger partial charge in [-0.15, -0.1) is 0 Å². The van der Waals surface area contributed by atoms with Crippen molar-refractivity contribution >= 4 is 11.6 Å². The molecule has 0 bridgehead atoms. The monoisotopic (exact) mass is 263 g/mol. The highest BCUT2D eigenvalue weighted by atomic mass is 35.5. The van der Waals surface area contributed by atoms with Gasteiger partial charge in [-0.05, 0) is 44.5 Å². The lowest BCUT2D eigenvalue weighted by atomic mass is 10.1. The number of aryl methyl sites for hydroxylation is 1. The van der Waals surface area contributed by atoms with E-state index in [1.54, 1.807) is 0 Å². The summed E-state index contributed by atoms with van der Waals surface area (Å²) in [5, 5.41) is 4.28. The van der Waals surface area contributed by atoms with Crippen molar-refractivity contribution in [2.45, 2.75) is 32.9 Å². The summed E-state index contributed by atoms with van der Waals surface area (Å²) in [6.45, 7) is 6.15. The molecular formula is C15H18ClNO. The summed E-state index contributed by atoms with van der Waals surface area (Å²) in [6, 6.07) is 12.2. The minimum absolute atomic E-state index is 0.157. The topological polar surface area (TPSA) is 25.2 Å². The smallest absolute Gasteiger partial charge is 0.120 e. The Morgan fingerprint density at radius 1 is 1.06 bits per heavy atom. The fourth-order valence-electron chi connectivity index (χ4n) is 2.06. The highest BCUT2D eigenvalue weighted by molar-refractivity contribution is 6.31. The van der Waals surface area contributed by atoms with Gasteiger partial charge in [-0.3, -0.25) is 0 Å². The van der Waals surface area contributed by atoms with E-state index in [4.69, 9.17) is 16.0 Å². The third-order valence-corrected chi connectivity index (χ3v) is 3.40. The maximum Gasteiger partial charge on any atom is 0.120 e. The van der Waals surface area contributed by atoms with Crippen LogP contribution in [0.15, 0.2) is 40.8 Å². The van der Waals surface area contributed by atoms with Crippen molar-refractivity contribution in [3.63, 3.8) is 0 Å². The summed E-state index contributed by atoms with van der Waals surface area (Å²) in [5.74, 6) is 1.88. The minimum atomic E-state index is 0.157. The van der Waals surface area contributed by atoms with Gasteiger partial charge in [0.2, 0.25) is 0 Å². The van der Waals surface area contributed by atoms with Crippen LogP contribution in [0.2, 0.25) is 5.02 Å². The number of benzene rings is 1. The second-order valence-corrected chi connectivity index (χ2v) is 4.99. The molecule has 3 heteroatoms. The standard InChI is InChI=1S/C15H18ClNO/c1-10-8-9-15(18-10)12(3)17-11(2)13-6-4-5-7-14(13)16/h4-9,11-12,17H,1-3H3. The molecule has 18 heavy (non-hydrogen) atoms. The van der Waals surface area contributed by atoms with E-state index in [9.17, 15) is 0 Å². The average Bonchev–Trinajstić information content (AvgIpc) is 2.76. The van der Waals surface area contributed by atoms with Gasteiger partial charge < -0.3 is 9.73 Å². The fraction of sp³-hybridized carbons (Fsp3) is 0.333. The molecule has 1 aromatic carbocycles. The van der Waals surface area contributed by atoms with Crippen LogP contribution in [-0.2, 0) is 0 Å². The predicted octanol–water partition coefficient (Wildman–Crippen LogP) is 4.65. The second kappa shape index (κ2) is 5.59. The van der Waals surface area contributed by atoms with Crippen molar-refractivity contribution in [2.75, 3.05) is 0 Å². The van der Waals surface area contributed by atoms with E-state index in [2.05, 4.69) is 19.2 Å². The van der Waals surface area contributed by atoms with E-state index in [1.165, 1.54) is 0 Å². The average molecular weight is 264 g/mol. The first kappa shape index (κ1) is 13.2. The van der Waals surface area contributed by atoms with Crippen molar-refractivity contribution < 1.29 is 4.42 Å². The van der Waals surface area contributed by atoms with Crippen LogP contribution in [0.5, 0.6) is 0 Å². The van der Waals surface area contributed by atoms with Crippen LogP contribution in [-0.4, -0.2) is 0 Å². The molecule has 2 nitrogen and oxygen atoms in total. The number of halogens is 1. The second-order valence-electron chi connectivity index (χ2n) is 4.58. The Labute approximate surface area is 113 Å². The van der Waals surface area contributed by atoms with Crippen LogP contribution in [0.25, 0.3) is 0 Å². The summed E-state index contributed by atoms with van der Waals surface area (Å²) in [7, 11) is 0. The molecule has 2 rings (SSSR count). The van der Waals surface area contributed by atoms with Crippen LogP contribution in [0.4, 0.5) is 0 Å². The van der Waals surface area contributed by atoms with Crippen LogP contribution >= 0.6 is 11.6 Å². The van der Waals surface area contributed by atoms with E-state index in [0.29, 0.717) is 0 Å². The van der Waals surface area contributed by atoms with E-state index in [0.717, 1.165) is 22.1 Å². The third-order valence-electron chi connectivity index (χ3n) is 3.06. The van der Waals surface area contributed by atoms with E-state index in [1.807, 2.05) is 43.3 Å². The zero-order chi connectivity index (χ0) is 13.1. The number of furan rings is 1. The largest absolute Gasteiger partial charge is 0.465 e. The Morgan fingerprint density at radius 2 is 1.78 bits per heavy atom. The van der Waals surface area contributed by atoms with Crippen molar-refractivity contribution in [2.24, 2.45) is 0 Å². The molecule has 0 saturated heterocycles. The normalized spacial score (nSPS) is 14.4.